The van der Waals surface area contributed by atoms with Crippen LogP contribution in [0.1, 0.15) is 36.2 Å². The number of carbonyl (C=O) groups is 1. The van der Waals surface area contributed by atoms with Gasteiger partial charge in [-0.1, -0.05) is 106 Å². The molecule has 0 amide bonds. The van der Waals surface area contributed by atoms with Crippen LogP contribution in [0.2, 0.25) is 0 Å². The third-order valence-electron chi connectivity index (χ3n) is 4.95. The first kappa shape index (κ1) is 22.0. The van der Waals surface area contributed by atoms with Gasteiger partial charge in [-0.15, -0.1) is 0 Å². The predicted octanol–water partition coefficient (Wildman–Crippen LogP) is 5.04. The Morgan fingerprint density at radius 3 is 2.18 bits per heavy atom. The van der Waals surface area contributed by atoms with E-state index in [2.05, 4.69) is 45.2 Å². The first-order chi connectivity index (χ1) is 13.6. The van der Waals surface area contributed by atoms with Gasteiger partial charge in [0.15, 0.2) is 0 Å². The molecule has 2 aromatic rings. The second-order valence-electron chi connectivity index (χ2n) is 6.98. The molecule has 0 unspecified atom stereocenters. The number of aliphatic hydroxyl groups excluding tert-OH is 1. The minimum atomic E-state index is -0.785. The average Bonchev–Trinajstić information content (AvgIpc) is 3.11. The van der Waals surface area contributed by atoms with Crippen LogP contribution < -0.4 is 0 Å². The van der Waals surface area contributed by atoms with Crippen molar-refractivity contribution < 1.29 is 19.4 Å². The summed E-state index contributed by atoms with van der Waals surface area (Å²) in [6, 6.07) is 19.3. The molecule has 0 aromatic heterocycles. The van der Waals surface area contributed by atoms with Gasteiger partial charge in [0.2, 0.25) is 0 Å². The van der Waals surface area contributed by atoms with E-state index in [1.54, 1.807) is 0 Å². The van der Waals surface area contributed by atoms with Gasteiger partial charge in [-0.2, -0.15) is 0 Å². The monoisotopic (exact) mass is 606 g/mol. The molecule has 0 radical (unpaired) electrons. The molecule has 2 aromatic carbocycles. The Labute approximate surface area is 193 Å². The number of ether oxygens (including phenoxy) is 2. The molecule has 1 aliphatic rings. The van der Waals surface area contributed by atoms with Gasteiger partial charge in [0, 0.05) is 8.86 Å². The van der Waals surface area contributed by atoms with Gasteiger partial charge in [0.1, 0.15) is 18.3 Å². The fourth-order valence-corrected chi connectivity index (χ4v) is 4.60. The Hall–Kier alpha value is -0.710. The minimum absolute atomic E-state index is 0.00721. The number of hydrogen-bond acceptors (Lipinski definition) is 4. The molecule has 1 N–H and O–H groups in total. The zero-order valence-electron chi connectivity index (χ0n) is 15.4. The van der Waals surface area contributed by atoms with Crippen LogP contribution in [0.4, 0.5) is 0 Å². The molecule has 1 aliphatic heterocycles. The highest BCUT2D eigenvalue weighted by molar-refractivity contribution is 14.1. The van der Waals surface area contributed by atoms with E-state index in [1.807, 2.05) is 60.7 Å². The summed E-state index contributed by atoms with van der Waals surface area (Å²) in [4.78, 5) is 12.2. The van der Waals surface area contributed by atoms with Crippen molar-refractivity contribution in [2.75, 3.05) is 8.86 Å². The molecule has 1 saturated heterocycles. The third kappa shape index (κ3) is 5.67. The molecule has 0 saturated carbocycles. The Kier molecular flexibility index (Phi) is 8.55. The number of cyclic esters (lactones) is 1. The number of rotatable bonds is 9. The summed E-state index contributed by atoms with van der Waals surface area (Å²) in [7, 11) is 0. The van der Waals surface area contributed by atoms with E-state index in [1.165, 1.54) is 0 Å². The van der Waals surface area contributed by atoms with E-state index in [9.17, 15) is 9.90 Å². The molecule has 5 atom stereocenters. The summed E-state index contributed by atoms with van der Waals surface area (Å²) in [6.07, 6.45) is -0.0646. The van der Waals surface area contributed by atoms with Crippen molar-refractivity contribution in [2.24, 2.45) is 5.92 Å². The maximum absolute atomic E-state index is 12.2. The van der Waals surface area contributed by atoms with Crippen molar-refractivity contribution in [3.63, 3.8) is 0 Å². The first-order valence-electron chi connectivity index (χ1n) is 9.38. The van der Waals surface area contributed by atoms with Gasteiger partial charge in [-0.05, 0) is 24.0 Å². The topological polar surface area (TPSA) is 55.8 Å². The molecular weight excluding hydrogens is 582 g/mol. The first-order valence-corrected chi connectivity index (χ1v) is 12.4. The Balaban J connectivity index is 1.77. The molecule has 0 spiro atoms. The lowest BCUT2D eigenvalue weighted by atomic mass is 9.96. The predicted molar refractivity (Wildman–Crippen MR) is 126 cm³/mol. The minimum Gasteiger partial charge on any atom is -0.461 e. The molecule has 150 valence electrons. The summed E-state index contributed by atoms with van der Waals surface area (Å²) >= 11 is 4.54. The van der Waals surface area contributed by atoms with Crippen molar-refractivity contribution >= 4 is 51.2 Å². The molecule has 6 heteroatoms. The number of alkyl halides is 2. The number of hydrogen-bond donors (Lipinski definition) is 1. The Morgan fingerprint density at radius 2 is 1.64 bits per heavy atom. The summed E-state index contributed by atoms with van der Waals surface area (Å²) < 4.78 is 13.4. The lowest BCUT2D eigenvalue weighted by Gasteiger charge is -2.29. The maximum atomic E-state index is 12.2. The van der Waals surface area contributed by atoms with Gasteiger partial charge in [-0.25, -0.2) is 0 Å². The Morgan fingerprint density at radius 1 is 1.04 bits per heavy atom. The average molecular weight is 606 g/mol. The highest BCUT2D eigenvalue weighted by atomic mass is 127. The molecular formula is C22H24I2O4. The second-order valence-corrected chi connectivity index (χ2v) is 8.74. The van der Waals surface area contributed by atoms with Crippen LogP contribution >= 0.6 is 45.2 Å². The smallest absolute Gasteiger partial charge is 0.309 e. The van der Waals surface area contributed by atoms with Gasteiger partial charge >= 0.3 is 5.97 Å². The second kappa shape index (κ2) is 10.9. The summed E-state index contributed by atoms with van der Waals surface area (Å²) in [6.45, 7) is 0. The van der Waals surface area contributed by atoms with E-state index in [0.717, 1.165) is 26.4 Å². The van der Waals surface area contributed by atoms with Crippen LogP contribution in [0.3, 0.4) is 0 Å². The van der Waals surface area contributed by atoms with Crippen molar-refractivity contribution in [1.82, 2.24) is 0 Å². The van der Waals surface area contributed by atoms with Gasteiger partial charge in [0.05, 0.1) is 12.0 Å². The number of carbonyl (C=O) groups excluding carboxylic acids is 1. The molecule has 0 aliphatic carbocycles. The summed E-state index contributed by atoms with van der Waals surface area (Å²) in [5.74, 6) is -0.259. The zero-order chi connectivity index (χ0) is 19.9. The van der Waals surface area contributed by atoms with Gasteiger partial charge < -0.3 is 14.6 Å². The van der Waals surface area contributed by atoms with Crippen LogP contribution in [-0.2, 0) is 14.3 Å². The fourth-order valence-electron chi connectivity index (χ4n) is 3.49. The Bertz CT molecular complexity index is 741. The number of benzene rings is 2. The molecule has 1 fully saturated rings. The fraction of sp³-hybridized carbons (Fsp3) is 0.409. The normalized spacial score (nSPS) is 22.5. The van der Waals surface area contributed by atoms with Crippen LogP contribution in [-0.4, -0.2) is 32.1 Å². The van der Waals surface area contributed by atoms with Crippen LogP contribution in [0, 0.1) is 5.92 Å². The maximum Gasteiger partial charge on any atom is 0.309 e. The SMILES string of the molecule is O=C1O[C@@H](CI)C[C@H]1C[C@@H](CI)O[C@H](c1ccccc1)[C@H](O)c1ccccc1. The molecule has 0 bridgehead atoms. The van der Waals surface area contributed by atoms with E-state index < -0.39 is 12.2 Å². The van der Waals surface area contributed by atoms with Crippen molar-refractivity contribution in [2.45, 2.75) is 37.3 Å². The van der Waals surface area contributed by atoms with Gasteiger partial charge in [0.25, 0.3) is 0 Å². The van der Waals surface area contributed by atoms with Crippen molar-refractivity contribution in [3.05, 3.63) is 71.8 Å². The van der Waals surface area contributed by atoms with Gasteiger partial charge in [-0.3, -0.25) is 4.79 Å². The summed E-state index contributed by atoms with van der Waals surface area (Å²) in [5, 5.41) is 11.1. The quantitative estimate of drug-likeness (QED) is 0.247. The molecule has 4 nitrogen and oxygen atoms in total. The highest BCUT2D eigenvalue weighted by Crippen LogP contribution is 2.36. The largest absolute Gasteiger partial charge is 0.461 e. The number of esters is 1. The van der Waals surface area contributed by atoms with E-state index in [4.69, 9.17) is 9.47 Å². The lowest BCUT2D eigenvalue weighted by Crippen LogP contribution is -2.26. The standard InChI is InChI=1S/C22H24I2O4/c23-13-18(11-17-12-19(14-24)28-22(17)26)27-21(16-9-5-2-6-10-16)20(25)15-7-3-1-4-8-15/h1-10,17-21,25H,11-14H2/t17-,18+,19-,20-,21-/m1/s1. The van der Waals surface area contributed by atoms with Crippen LogP contribution in [0.15, 0.2) is 60.7 Å². The van der Waals surface area contributed by atoms with Crippen molar-refractivity contribution in [3.8, 4) is 0 Å². The van der Waals surface area contributed by atoms with E-state index in [-0.39, 0.29) is 24.1 Å². The van der Waals surface area contributed by atoms with Crippen molar-refractivity contribution in [1.29, 1.82) is 0 Å². The van der Waals surface area contributed by atoms with E-state index >= 15 is 0 Å². The molecule has 3 rings (SSSR count). The molecule has 28 heavy (non-hydrogen) atoms. The van der Waals surface area contributed by atoms with E-state index in [0.29, 0.717) is 6.42 Å². The number of aliphatic hydroxyl groups is 1. The highest BCUT2D eigenvalue weighted by Gasteiger charge is 2.36. The van der Waals surface area contributed by atoms with Crippen LogP contribution in [0.25, 0.3) is 0 Å². The lowest BCUT2D eigenvalue weighted by molar-refractivity contribution is -0.145. The molecule has 1 heterocycles. The summed E-state index contributed by atoms with van der Waals surface area (Å²) in [5.41, 5.74) is 1.74. The number of halogens is 2. The zero-order valence-corrected chi connectivity index (χ0v) is 19.7. The van der Waals surface area contributed by atoms with Crippen LogP contribution in [0.5, 0.6) is 0 Å². The third-order valence-corrected chi connectivity index (χ3v) is 6.92.